The molecule has 1 aliphatic heterocycles. The Hall–Kier alpha value is -0.830. The maximum Gasteiger partial charge on any atom is 0.223 e. The number of carbonyl (C=O) groups excluding carboxylic acids is 1. The van der Waals surface area contributed by atoms with E-state index in [0.717, 1.165) is 25.9 Å². The molecule has 1 amide bonds. The number of hydrogen-bond donors (Lipinski definition) is 2. The van der Waals surface area contributed by atoms with E-state index in [2.05, 4.69) is 22.8 Å². The number of fused-ring (bicyclic) bond motifs is 2. The van der Waals surface area contributed by atoms with E-state index in [-0.39, 0.29) is 5.92 Å². The first-order chi connectivity index (χ1) is 7.83. The summed E-state index contributed by atoms with van der Waals surface area (Å²) in [7, 11) is 0. The van der Waals surface area contributed by atoms with Crippen molar-refractivity contribution >= 4 is 5.91 Å². The highest BCUT2D eigenvalue weighted by atomic mass is 16.2. The zero-order chi connectivity index (χ0) is 11.0. The highest BCUT2D eigenvalue weighted by molar-refractivity contribution is 5.80. The van der Waals surface area contributed by atoms with Crippen LogP contribution in [0.15, 0.2) is 12.2 Å². The van der Waals surface area contributed by atoms with Gasteiger partial charge in [0.05, 0.1) is 0 Å². The molecule has 0 aromatic rings. The maximum atomic E-state index is 12.1. The minimum atomic E-state index is 0.261. The Kier molecular flexibility index (Phi) is 2.72. The zero-order valence-electron chi connectivity index (χ0n) is 9.61. The molecule has 3 rings (SSSR count). The number of allylic oxidation sites excluding steroid dienone is 2. The van der Waals surface area contributed by atoms with Crippen molar-refractivity contribution in [2.45, 2.75) is 31.7 Å². The molecule has 2 bridgehead atoms. The maximum absolute atomic E-state index is 12.1. The van der Waals surface area contributed by atoms with Crippen LogP contribution in [0.4, 0.5) is 0 Å². The first kappa shape index (κ1) is 10.3. The molecule has 1 saturated carbocycles. The van der Waals surface area contributed by atoms with Gasteiger partial charge >= 0.3 is 0 Å². The van der Waals surface area contributed by atoms with E-state index in [0.29, 0.717) is 23.8 Å². The molecule has 1 saturated heterocycles. The second-order valence-corrected chi connectivity index (χ2v) is 5.44. The lowest BCUT2D eigenvalue weighted by atomic mass is 9.92. The molecule has 4 atom stereocenters. The fourth-order valence-corrected chi connectivity index (χ4v) is 3.37. The van der Waals surface area contributed by atoms with Crippen LogP contribution >= 0.6 is 0 Å². The second kappa shape index (κ2) is 4.21. The number of nitrogens with one attached hydrogen (secondary N) is 2. The number of piperidine rings is 1. The molecule has 3 aliphatic rings. The number of amides is 1. The Balaban J connectivity index is 1.55. The van der Waals surface area contributed by atoms with Crippen LogP contribution < -0.4 is 10.6 Å². The van der Waals surface area contributed by atoms with E-state index in [1.807, 2.05) is 0 Å². The predicted octanol–water partition coefficient (Wildman–Crippen LogP) is 1.07. The van der Waals surface area contributed by atoms with Gasteiger partial charge < -0.3 is 10.6 Å². The summed E-state index contributed by atoms with van der Waals surface area (Å²) in [6, 6.07) is 0.365. The van der Waals surface area contributed by atoms with Crippen molar-refractivity contribution in [1.82, 2.24) is 10.6 Å². The van der Waals surface area contributed by atoms with Crippen LogP contribution in [-0.4, -0.2) is 25.0 Å². The van der Waals surface area contributed by atoms with Crippen LogP contribution in [0.2, 0.25) is 0 Å². The van der Waals surface area contributed by atoms with E-state index in [4.69, 9.17) is 0 Å². The molecular formula is C13H20N2O. The molecule has 3 unspecified atom stereocenters. The molecule has 88 valence electrons. The van der Waals surface area contributed by atoms with Crippen molar-refractivity contribution < 1.29 is 4.79 Å². The van der Waals surface area contributed by atoms with Gasteiger partial charge in [-0.3, -0.25) is 4.79 Å². The molecule has 1 heterocycles. The van der Waals surface area contributed by atoms with Gasteiger partial charge in [0.25, 0.3) is 0 Å². The number of rotatable bonds is 2. The quantitative estimate of drug-likeness (QED) is 0.683. The van der Waals surface area contributed by atoms with Gasteiger partial charge in [-0.1, -0.05) is 12.2 Å². The summed E-state index contributed by atoms with van der Waals surface area (Å²) in [5, 5.41) is 6.55. The molecule has 0 spiro atoms. The molecular weight excluding hydrogens is 200 g/mol. The van der Waals surface area contributed by atoms with E-state index < -0.39 is 0 Å². The van der Waals surface area contributed by atoms with E-state index in [1.165, 1.54) is 12.8 Å². The normalized spacial score (nSPS) is 41.2. The monoisotopic (exact) mass is 220 g/mol. The van der Waals surface area contributed by atoms with Crippen molar-refractivity contribution in [1.29, 1.82) is 0 Å². The third-order valence-electron chi connectivity index (χ3n) is 4.26. The summed E-state index contributed by atoms with van der Waals surface area (Å²) in [6.07, 6.45) is 9.14. The summed E-state index contributed by atoms with van der Waals surface area (Å²) in [4.78, 5) is 12.1. The minimum absolute atomic E-state index is 0.261. The largest absolute Gasteiger partial charge is 0.352 e. The molecule has 3 nitrogen and oxygen atoms in total. The van der Waals surface area contributed by atoms with Gasteiger partial charge in [-0.05, 0) is 44.1 Å². The molecule has 0 aromatic heterocycles. The Morgan fingerprint density at radius 3 is 2.88 bits per heavy atom. The fourth-order valence-electron chi connectivity index (χ4n) is 3.37. The Morgan fingerprint density at radius 1 is 1.31 bits per heavy atom. The lowest BCUT2D eigenvalue weighted by Crippen LogP contribution is -2.47. The molecule has 2 N–H and O–H groups in total. The fraction of sp³-hybridized carbons (Fsp3) is 0.769. The Labute approximate surface area is 96.7 Å². The summed E-state index contributed by atoms with van der Waals surface area (Å²) < 4.78 is 0. The van der Waals surface area contributed by atoms with Crippen molar-refractivity contribution in [2.75, 3.05) is 13.1 Å². The van der Waals surface area contributed by atoms with Crippen molar-refractivity contribution in [3.05, 3.63) is 12.2 Å². The second-order valence-electron chi connectivity index (χ2n) is 5.44. The van der Waals surface area contributed by atoms with Gasteiger partial charge in [0.2, 0.25) is 5.91 Å². The topological polar surface area (TPSA) is 41.1 Å². The first-order valence-corrected chi connectivity index (χ1v) is 6.52. The van der Waals surface area contributed by atoms with Crippen LogP contribution in [0.3, 0.4) is 0 Å². The van der Waals surface area contributed by atoms with Gasteiger partial charge in [-0.2, -0.15) is 0 Å². The lowest BCUT2D eigenvalue weighted by molar-refractivity contribution is -0.126. The Morgan fingerprint density at radius 2 is 2.25 bits per heavy atom. The van der Waals surface area contributed by atoms with Crippen LogP contribution in [0, 0.1) is 17.8 Å². The third-order valence-corrected chi connectivity index (χ3v) is 4.26. The van der Waals surface area contributed by atoms with Crippen molar-refractivity contribution in [2.24, 2.45) is 17.8 Å². The average molecular weight is 220 g/mol. The minimum Gasteiger partial charge on any atom is -0.352 e. The van der Waals surface area contributed by atoms with Gasteiger partial charge in [0, 0.05) is 18.5 Å². The predicted molar refractivity (Wildman–Crippen MR) is 62.9 cm³/mol. The van der Waals surface area contributed by atoms with Gasteiger partial charge in [-0.25, -0.2) is 0 Å². The molecule has 2 fully saturated rings. The van der Waals surface area contributed by atoms with Crippen LogP contribution in [0.5, 0.6) is 0 Å². The van der Waals surface area contributed by atoms with E-state index in [1.54, 1.807) is 0 Å². The summed E-state index contributed by atoms with van der Waals surface area (Å²) in [5.74, 6) is 1.77. The average Bonchev–Trinajstić information content (AvgIpc) is 2.92. The molecule has 0 aromatic carbocycles. The third kappa shape index (κ3) is 1.88. The summed E-state index contributed by atoms with van der Waals surface area (Å²) in [6.45, 7) is 2.05. The molecule has 2 aliphatic carbocycles. The van der Waals surface area contributed by atoms with Gasteiger partial charge in [0.15, 0.2) is 0 Å². The highest BCUT2D eigenvalue weighted by Crippen LogP contribution is 2.43. The smallest absolute Gasteiger partial charge is 0.223 e. The standard InChI is InChI=1S/C13H20N2O/c16-13(15-11-2-1-5-14-8-11)12-7-9-3-4-10(12)6-9/h3-4,9-12,14H,1-2,5-8H2,(H,15,16)/t9?,10?,11-,12?/m1/s1. The summed E-state index contributed by atoms with van der Waals surface area (Å²) in [5.41, 5.74) is 0. The lowest BCUT2D eigenvalue weighted by Gasteiger charge is -2.26. The highest BCUT2D eigenvalue weighted by Gasteiger charge is 2.40. The van der Waals surface area contributed by atoms with Crippen LogP contribution in [-0.2, 0) is 4.79 Å². The zero-order valence-corrected chi connectivity index (χ0v) is 9.61. The van der Waals surface area contributed by atoms with Crippen molar-refractivity contribution in [3.8, 4) is 0 Å². The van der Waals surface area contributed by atoms with Crippen LogP contribution in [0.1, 0.15) is 25.7 Å². The van der Waals surface area contributed by atoms with Gasteiger partial charge in [-0.15, -0.1) is 0 Å². The van der Waals surface area contributed by atoms with Crippen molar-refractivity contribution in [3.63, 3.8) is 0 Å². The molecule has 0 radical (unpaired) electrons. The van der Waals surface area contributed by atoms with Gasteiger partial charge in [0.1, 0.15) is 0 Å². The number of carbonyl (C=O) groups is 1. The molecule has 16 heavy (non-hydrogen) atoms. The van der Waals surface area contributed by atoms with E-state index in [9.17, 15) is 4.79 Å². The number of hydrogen-bond acceptors (Lipinski definition) is 2. The van der Waals surface area contributed by atoms with E-state index >= 15 is 0 Å². The SMILES string of the molecule is O=C(N[C@@H]1CCCNC1)C1CC2C=CC1C2. The Bertz CT molecular complexity index is 307. The first-order valence-electron chi connectivity index (χ1n) is 6.52. The van der Waals surface area contributed by atoms with Crippen LogP contribution in [0.25, 0.3) is 0 Å². The molecule has 3 heteroatoms. The summed E-state index contributed by atoms with van der Waals surface area (Å²) >= 11 is 0.